The topological polar surface area (TPSA) is 15.3 Å². The summed E-state index contributed by atoms with van der Waals surface area (Å²) >= 11 is 0. The van der Waals surface area contributed by atoms with Gasteiger partial charge in [0.2, 0.25) is 0 Å². The molecule has 0 saturated carbocycles. The van der Waals surface area contributed by atoms with Crippen molar-refractivity contribution in [3.05, 3.63) is 0 Å². The standard InChI is InChI=1S/C19H42N2/c1-15(2)9-11-21(12-10-16(3)4)19(18(7)8)14-20-13-17(5)6/h15-20H,9-14H2,1-8H3. The van der Waals surface area contributed by atoms with Gasteiger partial charge in [0.25, 0.3) is 0 Å². The SMILES string of the molecule is CC(C)CCN(CCC(C)C)C(CNCC(C)C)C(C)C. The van der Waals surface area contributed by atoms with Crippen molar-refractivity contribution in [3.63, 3.8) is 0 Å². The highest BCUT2D eigenvalue weighted by Gasteiger charge is 2.21. The van der Waals surface area contributed by atoms with Crippen molar-refractivity contribution < 1.29 is 0 Å². The quantitative estimate of drug-likeness (QED) is 0.564. The normalized spacial score (nSPS) is 14.1. The highest BCUT2D eigenvalue weighted by atomic mass is 15.2. The summed E-state index contributed by atoms with van der Waals surface area (Å²) < 4.78 is 0. The van der Waals surface area contributed by atoms with Crippen LogP contribution in [-0.4, -0.2) is 37.1 Å². The second kappa shape index (κ2) is 11.5. The molecule has 0 radical (unpaired) electrons. The Kier molecular flexibility index (Phi) is 11.4. The van der Waals surface area contributed by atoms with Crippen molar-refractivity contribution >= 4 is 0 Å². The molecule has 0 aliphatic rings. The van der Waals surface area contributed by atoms with Gasteiger partial charge < -0.3 is 5.32 Å². The van der Waals surface area contributed by atoms with Gasteiger partial charge in [0.1, 0.15) is 0 Å². The van der Waals surface area contributed by atoms with Crippen LogP contribution in [0.1, 0.15) is 68.2 Å². The van der Waals surface area contributed by atoms with Crippen molar-refractivity contribution in [2.45, 2.75) is 74.3 Å². The maximum atomic E-state index is 3.68. The fraction of sp³-hybridized carbons (Fsp3) is 1.00. The van der Waals surface area contributed by atoms with Gasteiger partial charge in [-0.3, -0.25) is 4.90 Å². The molecule has 0 bridgehead atoms. The van der Waals surface area contributed by atoms with Gasteiger partial charge in [-0.1, -0.05) is 55.4 Å². The Hall–Kier alpha value is -0.0800. The number of nitrogens with one attached hydrogen (secondary N) is 1. The van der Waals surface area contributed by atoms with Crippen molar-refractivity contribution in [2.75, 3.05) is 26.2 Å². The molecule has 0 spiro atoms. The van der Waals surface area contributed by atoms with Crippen LogP contribution in [0.3, 0.4) is 0 Å². The summed E-state index contributed by atoms with van der Waals surface area (Å²) in [5.74, 6) is 3.03. The van der Waals surface area contributed by atoms with Gasteiger partial charge in [-0.05, 0) is 56.1 Å². The zero-order chi connectivity index (χ0) is 16.4. The molecular formula is C19H42N2. The van der Waals surface area contributed by atoms with Crippen LogP contribution in [0.15, 0.2) is 0 Å². The third-order valence-electron chi connectivity index (χ3n) is 4.13. The van der Waals surface area contributed by atoms with E-state index in [2.05, 4.69) is 65.6 Å². The van der Waals surface area contributed by atoms with E-state index in [0.29, 0.717) is 12.0 Å². The Morgan fingerprint density at radius 1 is 0.667 bits per heavy atom. The van der Waals surface area contributed by atoms with Crippen LogP contribution in [0.2, 0.25) is 0 Å². The van der Waals surface area contributed by atoms with E-state index >= 15 is 0 Å². The summed E-state index contributed by atoms with van der Waals surface area (Å²) in [6, 6.07) is 0.668. The van der Waals surface area contributed by atoms with Crippen LogP contribution < -0.4 is 5.32 Å². The second-order valence-electron chi connectivity index (χ2n) is 8.26. The summed E-state index contributed by atoms with van der Waals surface area (Å²) in [5.41, 5.74) is 0. The number of rotatable bonds is 12. The molecule has 0 rings (SSSR count). The van der Waals surface area contributed by atoms with Gasteiger partial charge in [-0.15, -0.1) is 0 Å². The summed E-state index contributed by atoms with van der Waals surface area (Å²) in [6.07, 6.45) is 2.62. The second-order valence-corrected chi connectivity index (χ2v) is 8.26. The Morgan fingerprint density at radius 3 is 1.48 bits per heavy atom. The summed E-state index contributed by atoms with van der Waals surface area (Å²) in [4.78, 5) is 2.75. The molecule has 1 N–H and O–H groups in total. The lowest BCUT2D eigenvalue weighted by molar-refractivity contribution is 0.136. The zero-order valence-electron chi connectivity index (χ0n) is 16.1. The molecule has 0 aromatic rings. The highest BCUT2D eigenvalue weighted by Crippen LogP contribution is 2.15. The third-order valence-corrected chi connectivity index (χ3v) is 4.13. The number of hydrogen-bond donors (Lipinski definition) is 1. The maximum Gasteiger partial charge on any atom is 0.0243 e. The first-order valence-electron chi connectivity index (χ1n) is 9.18. The molecule has 0 heterocycles. The van der Waals surface area contributed by atoms with Crippen LogP contribution in [0.5, 0.6) is 0 Å². The van der Waals surface area contributed by atoms with E-state index < -0.39 is 0 Å². The van der Waals surface area contributed by atoms with Crippen molar-refractivity contribution in [1.29, 1.82) is 0 Å². The van der Waals surface area contributed by atoms with Gasteiger partial charge in [0.15, 0.2) is 0 Å². The predicted molar refractivity (Wildman–Crippen MR) is 96.8 cm³/mol. The van der Waals surface area contributed by atoms with Crippen LogP contribution >= 0.6 is 0 Å². The number of hydrogen-bond acceptors (Lipinski definition) is 2. The van der Waals surface area contributed by atoms with Crippen LogP contribution in [0.4, 0.5) is 0 Å². The molecular weight excluding hydrogens is 256 g/mol. The van der Waals surface area contributed by atoms with E-state index in [1.807, 2.05) is 0 Å². The summed E-state index contributed by atoms with van der Waals surface area (Å²) in [6.45, 7) is 23.4. The zero-order valence-corrected chi connectivity index (χ0v) is 16.1. The first-order chi connectivity index (χ1) is 9.73. The maximum absolute atomic E-state index is 3.68. The van der Waals surface area contributed by atoms with Gasteiger partial charge in [0.05, 0.1) is 0 Å². The van der Waals surface area contributed by atoms with Gasteiger partial charge in [-0.25, -0.2) is 0 Å². The average Bonchev–Trinajstić information content (AvgIpc) is 2.34. The van der Waals surface area contributed by atoms with Gasteiger partial charge in [0, 0.05) is 12.6 Å². The molecule has 0 aromatic carbocycles. The molecule has 1 unspecified atom stereocenters. The minimum absolute atomic E-state index is 0.668. The van der Waals surface area contributed by atoms with Crippen LogP contribution in [0, 0.1) is 23.7 Å². The molecule has 0 saturated heterocycles. The first-order valence-corrected chi connectivity index (χ1v) is 9.18. The van der Waals surface area contributed by atoms with E-state index in [1.54, 1.807) is 0 Å². The summed E-state index contributed by atoms with van der Waals surface area (Å²) in [5, 5.41) is 3.68. The van der Waals surface area contributed by atoms with Gasteiger partial charge >= 0.3 is 0 Å². The molecule has 1 atom stereocenters. The fourth-order valence-corrected chi connectivity index (χ4v) is 2.60. The lowest BCUT2D eigenvalue weighted by Crippen LogP contribution is -2.47. The smallest absolute Gasteiger partial charge is 0.0243 e. The molecule has 0 aliphatic carbocycles. The highest BCUT2D eigenvalue weighted by molar-refractivity contribution is 4.78. The molecule has 2 nitrogen and oxygen atoms in total. The molecule has 0 aromatic heterocycles. The van der Waals surface area contributed by atoms with Crippen LogP contribution in [-0.2, 0) is 0 Å². The van der Waals surface area contributed by atoms with Crippen molar-refractivity contribution in [3.8, 4) is 0 Å². The van der Waals surface area contributed by atoms with Gasteiger partial charge in [-0.2, -0.15) is 0 Å². The average molecular weight is 299 g/mol. The molecule has 0 fully saturated rings. The van der Waals surface area contributed by atoms with E-state index in [9.17, 15) is 0 Å². The minimum Gasteiger partial charge on any atom is -0.315 e. The molecule has 0 aliphatic heterocycles. The minimum atomic E-state index is 0.668. The Bertz CT molecular complexity index is 222. The van der Waals surface area contributed by atoms with Crippen LogP contribution in [0.25, 0.3) is 0 Å². The lowest BCUT2D eigenvalue weighted by Gasteiger charge is -2.36. The summed E-state index contributed by atoms with van der Waals surface area (Å²) in [7, 11) is 0. The van der Waals surface area contributed by atoms with E-state index in [1.165, 1.54) is 25.9 Å². The molecule has 2 heteroatoms. The molecule has 128 valence electrons. The monoisotopic (exact) mass is 298 g/mol. The largest absolute Gasteiger partial charge is 0.315 e. The third kappa shape index (κ3) is 11.2. The lowest BCUT2D eigenvalue weighted by atomic mass is 9.99. The number of nitrogens with zero attached hydrogens (tertiary/aromatic N) is 1. The van der Waals surface area contributed by atoms with Crippen molar-refractivity contribution in [1.82, 2.24) is 10.2 Å². The van der Waals surface area contributed by atoms with Crippen molar-refractivity contribution in [2.24, 2.45) is 23.7 Å². The predicted octanol–water partition coefficient (Wildman–Crippen LogP) is 4.65. The van der Waals surface area contributed by atoms with E-state index in [0.717, 1.165) is 30.8 Å². The first kappa shape index (κ1) is 20.9. The van der Waals surface area contributed by atoms with E-state index in [-0.39, 0.29) is 0 Å². The molecule has 21 heavy (non-hydrogen) atoms. The fourth-order valence-electron chi connectivity index (χ4n) is 2.60. The Morgan fingerprint density at radius 2 is 1.14 bits per heavy atom. The van der Waals surface area contributed by atoms with E-state index in [4.69, 9.17) is 0 Å². The Labute approximate surface area is 135 Å². The Balaban J connectivity index is 4.57. The molecule has 0 amide bonds.